The van der Waals surface area contributed by atoms with Gasteiger partial charge in [0.05, 0.1) is 67.8 Å². The zero-order valence-corrected chi connectivity index (χ0v) is 79.9. The van der Waals surface area contributed by atoms with Crippen LogP contribution in [0.1, 0.15) is 43.1 Å². The molecule has 0 bridgehead atoms. The Labute approximate surface area is 806 Å². The van der Waals surface area contributed by atoms with Gasteiger partial charge in [0.2, 0.25) is 0 Å². The van der Waals surface area contributed by atoms with Crippen molar-refractivity contribution < 1.29 is 9.47 Å². The number of anilines is 8. The zero-order valence-electron chi connectivity index (χ0n) is 75.3. The number of nitrogens with one attached hydrogen (secondary N) is 7. The number of likely N-dealkylation sites (N-methyl/N-ethyl adjacent to an activating group) is 3. The fourth-order valence-corrected chi connectivity index (χ4v) is 20.1. The van der Waals surface area contributed by atoms with E-state index in [1.165, 1.54) is 30.9 Å². The number of para-hydroxylation sites is 10. The number of ether oxygens (including phenoxy) is 2. The standard InChI is InChI=1S/C18H19ClN4.C18H18ClN3O.C17H17ClN4.C17H16ClN3O.C17H20N4S.C16H18N4S/c1-22-8-10-23(11-9-22)18-14-4-2-3-5-15(14)20-16-7-6-13(19)12-17(16)21-18;1-21-8-10-22(11-9-21)18-14-12-13(19)6-7-16(14)23-17-5-3-2-4-15(17)20-18;18-12-5-6-15-16(11-12)21-17(22-9-7-19-8-10-22)13-3-1-2-4-14(13)20-15;18-12-5-6-15-13(11-12)17(21-9-7-19-8-10-21)20-14-3-1-2-4-16(14)22-15;1-12-11-13-16(21-9-7-20(2)8-10-21)18-14-5-3-4-6-15(14)19-17(13)22-12;1-11-10-12-15(20-8-6-17-7-9-20)18-13-4-2-3-5-14(13)19-16(12)21-11/h2-7,12,20H,8-11H2,1H3;2-7,12H,8-11H2,1H3;1-6,11,19-20H,7-10H2;1-6,11,19H,7-10H2;3-6,11,19H,7-10H2,1-2H3;2-5,10,17,19H,6-9H2,1H3. The molecule has 0 unspecified atom stereocenters. The molecule has 0 radical (unpaired) electrons. The van der Waals surface area contributed by atoms with Crippen LogP contribution < -0.4 is 46.7 Å². The Balaban J connectivity index is 0.000000103. The van der Waals surface area contributed by atoms with Crippen LogP contribution in [0.2, 0.25) is 20.1 Å². The van der Waals surface area contributed by atoms with E-state index < -0.39 is 0 Å². The van der Waals surface area contributed by atoms with Gasteiger partial charge in [0.15, 0.2) is 11.5 Å². The third-order valence-electron chi connectivity index (χ3n) is 24.8. The minimum atomic E-state index is 0.691. The van der Waals surface area contributed by atoms with Crippen LogP contribution in [-0.2, 0) is 0 Å². The van der Waals surface area contributed by atoms with E-state index in [4.69, 9.17) is 85.8 Å². The van der Waals surface area contributed by atoms with E-state index in [9.17, 15) is 0 Å². The molecule has 0 spiro atoms. The van der Waals surface area contributed by atoms with Gasteiger partial charge >= 0.3 is 0 Å². The van der Waals surface area contributed by atoms with Gasteiger partial charge < -0.3 is 90.8 Å². The van der Waals surface area contributed by atoms with Crippen LogP contribution in [-0.4, -0.2) is 257 Å². The Bertz CT molecular complexity index is 6410. The van der Waals surface area contributed by atoms with E-state index in [0.717, 1.165) is 306 Å². The minimum absolute atomic E-state index is 0.691. The van der Waals surface area contributed by atoms with Crippen molar-refractivity contribution in [1.82, 2.24) is 60.0 Å². The molecule has 2 aromatic heterocycles. The molecule has 7 N–H and O–H groups in total. The fraction of sp³-hybridized carbons (Fsp3) is 0.282. The second-order valence-corrected chi connectivity index (χ2v) is 38.5. The summed E-state index contributed by atoms with van der Waals surface area (Å²) < 4.78 is 12.2. The number of fused-ring (bicyclic) bond motifs is 12. The summed E-state index contributed by atoms with van der Waals surface area (Å²) in [6, 6.07) is 76.5. The molecule has 30 heteroatoms. The van der Waals surface area contributed by atoms with Crippen LogP contribution in [0.4, 0.5) is 78.3 Å². The van der Waals surface area contributed by atoms with Gasteiger partial charge in [-0.05, 0) is 193 Å². The average molecular weight is 1890 g/mol. The first kappa shape index (κ1) is 90.3. The van der Waals surface area contributed by atoms with E-state index in [0.29, 0.717) is 20.1 Å². The molecule has 0 amide bonds. The maximum atomic E-state index is 6.23. The summed E-state index contributed by atoms with van der Waals surface area (Å²) in [5.74, 6) is 9.30. The molecule has 6 saturated heterocycles. The van der Waals surface area contributed by atoms with Crippen molar-refractivity contribution in [3.63, 3.8) is 0 Å². The van der Waals surface area contributed by atoms with E-state index >= 15 is 0 Å². The molecular weight excluding hydrogens is 1780 g/mol. The SMILES string of the molecule is CN1CCN(C2=Nc3cc(Cl)ccc3Nc3ccccc32)CC1.CN1CCN(C2=Nc3ccccc3Oc3ccc(Cl)cc32)CC1.Cc1cc2c(s1)Nc1ccccc1N=C2N1CCN(C)CC1.Cc1cc2c(s1)Nc1ccccc1N=C2N1CCNCC1.Clc1ccc2c(c1)C(N1CCNCC1)=Nc1ccccc1O2.Clc1ccc2c(c1)N=C(N1CCNCC1)c1ccccc1N2. The summed E-state index contributed by atoms with van der Waals surface area (Å²) in [4.78, 5) is 53.5. The average Bonchev–Trinajstić information content (AvgIpc) is 1.74. The van der Waals surface area contributed by atoms with Crippen LogP contribution in [0, 0.1) is 13.8 Å². The predicted molar refractivity (Wildman–Crippen MR) is 554 cm³/mol. The molecule has 0 saturated carbocycles. The number of halogens is 4. The molecule has 6 fully saturated rings. The molecule has 0 atom stereocenters. The number of aliphatic imine (C=N–C) groups is 6. The lowest BCUT2D eigenvalue weighted by Crippen LogP contribution is -2.47. The second kappa shape index (κ2) is 41.7. The number of benzene rings is 10. The number of aryl methyl sites for hydroxylation is 2. The second-order valence-electron chi connectivity index (χ2n) is 34.3. The van der Waals surface area contributed by atoms with E-state index in [-0.39, 0.29) is 0 Å². The van der Waals surface area contributed by atoms with Crippen LogP contribution in [0.25, 0.3) is 0 Å². The number of amidine groups is 6. The van der Waals surface area contributed by atoms with E-state index in [2.05, 4.69) is 207 Å². The van der Waals surface area contributed by atoms with E-state index in [1.54, 1.807) is 22.7 Å². The molecule has 14 heterocycles. The Hall–Kier alpha value is -11.9. The highest BCUT2D eigenvalue weighted by molar-refractivity contribution is 7.17. The molecule has 682 valence electrons. The van der Waals surface area contributed by atoms with Crippen molar-refractivity contribution in [3.05, 3.63) is 294 Å². The monoisotopic (exact) mass is 1890 g/mol. The van der Waals surface area contributed by atoms with Gasteiger partial charge in [-0.15, -0.1) is 22.7 Å². The van der Waals surface area contributed by atoms with Gasteiger partial charge in [-0.3, -0.25) is 0 Å². The van der Waals surface area contributed by atoms with Gasteiger partial charge in [-0.2, -0.15) is 0 Å². The van der Waals surface area contributed by atoms with Crippen molar-refractivity contribution in [1.29, 1.82) is 0 Å². The predicted octanol–water partition coefficient (Wildman–Crippen LogP) is 20.8. The van der Waals surface area contributed by atoms with Crippen molar-refractivity contribution in [2.75, 3.05) is 199 Å². The number of thiophene rings is 2. The summed E-state index contributed by atoms with van der Waals surface area (Å²) in [6.07, 6.45) is 0. The maximum Gasteiger partial charge on any atom is 0.153 e. The molecule has 133 heavy (non-hydrogen) atoms. The van der Waals surface area contributed by atoms with Gasteiger partial charge in [-0.1, -0.05) is 119 Å². The number of hydrogen-bond donors (Lipinski definition) is 7. The van der Waals surface area contributed by atoms with Gasteiger partial charge in [0.25, 0.3) is 0 Å². The lowest BCUT2D eigenvalue weighted by atomic mass is 10.1. The first-order valence-electron chi connectivity index (χ1n) is 45.6. The lowest BCUT2D eigenvalue weighted by molar-refractivity contribution is 0.215. The van der Waals surface area contributed by atoms with Crippen LogP contribution in [0.3, 0.4) is 0 Å². The Morgan fingerprint density at radius 2 is 0.526 bits per heavy atom. The first-order chi connectivity index (χ1) is 65.0. The topological polar surface area (TPSA) is 206 Å². The third kappa shape index (κ3) is 21.4. The van der Waals surface area contributed by atoms with Gasteiger partial charge in [0, 0.05) is 209 Å². The Morgan fingerprint density at radius 1 is 0.248 bits per heavy atom. The summed E-state index contributed by atoms with van der Waals surface area (Å²) in [5, 5.41) is 29.5. The summed E-state index contributed by atoms with van der Waals surface area (Å²) in [6.45, 7) is 28.3. The maximum absolute atomic E-state index is 6.23. The molecule has 0 aliphatic carbocycles. The number of piperazine rings is 6. The van der Waals surface area contributed by atoms with Crippen molar-refractivity contribution in [2.24, 2.45) is 30.0 Å². The largest absolute Gasteiger partial charge is 0.454 e. The normalized spacial score (nSPS) is 17.5. The third-order valence-corrected chi connectivity index (χ3v) is 27.7. The highest BCUT2D eigenvalue weighted by Gasteiger charge is 2.33. The Morgan fingerprint density at radius 3 is 0.902 bits per heavy atom. The summed E-state index contributed by atoms with van der Waals surface area (Å²) in [7, 11) is 6.50. The lowest BCUT2D eigenvalue weighted by Gasteiger charge is -2.34. The molecule has 12 aromatic rings. The highest BCUT2D eigenvalue weighted by Crippen LogP contribution is 2.46. The minimum Gasteiger partial charge on any atom is -0.454 e. The van der Waals surface area contributed by atoms with Crippen molar-refractivity contribution in [3.8, 4) is 23.0 Å². The Kier molecular flexibility index (Phi) is 28.3. The molecule has 12 aliphatic heterocycles. The smallest absolute Gasteiger partial charge is 0.153 e. The van der Waals surface area contributed by atoms with Crippen LogP contribution >= 0.6 is 69.1 Å². The first-order valence-corrected chi connectivity index (χ1v) is 48.8. The highest BCUT2D eigenvalue weighted by atomic mass is 35.5. The van der Waals surface area contributed by atoms with Crippen LogP contribution in [0.15, 0.2) is 260 Å². The van der Waals surface area contributed by atoms with Crippen LogP contribution in [0.5, 0.6) is 23.0 Å². The summed E-state index contributed by atoms with van der Waals surface area (Å²) >= 11 is 28.4. The summed E-state index contributed by atoms with van der Waals surface area (Å²) in [5.41, 5.74) is 18.5. The van der Waals surface area contributed by atoms with Gasteiger partial charge in [-0.25, -0.2) is 30.0 Å². The molecule has 24 rings (SSSR count). The fourth-order valence-electron chi connectivity index (χ4n) is 17.6. The van der Waals surface area contributed by atoms with Gasteiger partial charge in [0.1, 0.15) is 67.9 Å². The molecule has 12 aliphatic rings. The molecule has 24 nitrogen and oxygen atoms in total. The van der Waals surface area contributed by atoms with E-state index in [1.807, 2.05) is 140 Å². The molecular formula is C103H108Cl4N22O2S2. The quantitative estimate of drug-likeness (QED) is 0.0754. The number of hydrogen-bond acceptors (Lipinski definition) is 26. The molecule has 10 aromatic carbocycles. The van der Waals surface area contributed by atoms with Crippen molar-refractivity contribution >= 4 is 182 Å². The number of rotatable bonds is 0. The zero-order chi connectivity index (χ0) is 90.8. The number of nitrogens with zero attached hydrogens (tertiary/aromatic N) is 15. The van der Waals surface area contributed by atoms with Crippen molar-refractivity contribution in [2.45, 2.75) is 13.8 Å².